The Bertz CT molecular complexity index is 763. The summed E-state index contributed by atoms with van der Waals surface area (Å²) in [7, 11) is 0. The molecule has 136 valence electrons. The van der Waals surface area contributed by atoms with Gasteiger partial charge in [0, 0.05) is 17.2 Å². The first-order valence-electron chi connectivity index (χ1n) is 8.68. The molecule has 1 aliphatic rings. The fourth-order valence-electron chi connectivity index (χ4n) is 2.96. The van der Waals surface area contributed by atoms with Crippen molar-refractivity contribution in [2.45, 2.75) is 32.1 Å². The van der Waals surface area contributed by atoms with Crippen molar-refractivity contribution in [2.75, 3.05) is 5.32 Å². The van der Waals surface area contributed by atoms with Crippen LogP contribution in [0.1, 0.15) is 53.0 Å². The van der Waals surface area contributed by atoms with E-state index in [0.717, 1.165) is 25.7 Å². The first-order chi connectivity index (χ1) is 12.6. The largest absolute Gasteiger partial charge is 0.459 e. The normalized spacial score (nSPS) is 14.5. The highest BCUT2D eigenvalue weighted by Crippen LogP contribution is 2.23. The fourth-order valence-corrected chi connectivity index (χ4v) is 2.96. The molecule has 1 aliphatic carbocycles. The van der Waals surface area contributed by atoms with Gasteiger partial charge in [-0.2, -0.15) is 0 Å². The second-order valence-corrected chi connectivity index (χ2v) is 6.29. The highest BCUT2D eigenvalue weighted by atomic mass is 16.3. The van der Waals surface area contributed by atoms with Crippen molar-refractivity contribution in [2.24, 2.45) is 5.92 Å². The molecular formula is C19H21N3O4. The van der Waals surface area contributed by atoms with E-state index in [4.69, 9.17) is 4.42 Å². The minimum absolute atomic E-state index is 0.0248. The van der Waals surface area contributed by atoms with Crippen molar-refractivity contribution in [3.8, 4) is 0 Å². The van der Waals surface area contributed by atoms with Crippen molar-refractivity contribution < 1.29 is 18.8 Å². The van der Waals surface area contributed by atoms with Crippen LogP contribution in [0, 0.1) is 5.92 Å². The van der Waals surface area contributed by atoms with E-state index in [1.54, 1.807) is 36.4 Å². The third-order valence-corrected chi connectivity index (χ3v) is 4.43. The standard InChI is InChI=1S/C19H21N3O4/c23-17(13-5-2-1-3-6-13)21-22-18(24)14-8-10-15(11-9-14)20-19(25)16-7-4-12-26-16/h4,7-13H,1-3,5-6H2,(H,20,25)(H,21,23)(H,22,24). The summed E-state index contributed by atoms with van der Waals surface area (Å²) in [4.78, 5) is 36.1. The fraction of sp³-hybridized carbons (Fsp3) is 0.316. The van der Waals surface area contributed by atoms with Gasteiger partial charge in [0.25, 0.3) is 11.8 Å². The van der Waals surface area contributed by atoms with Crippen molar-refractivity contribution in [1.29, 1.82) is 0 Å². The van der Waals surface area contributed by atoms with Gasteiger partial charge in [0.05, 0.1) is 6.26 Å². The second-order valence-electron chi connectivity index (χ2n) is 6.29. The maximum atomic E-state index is 12.1. The molecule has 1 heterocycles. The summed E-state index contributed by atoms with van der Waals surface area (Å²) < 4.78 is 5.02. The van der Waals surface area contributed by atoms with Crippen LogP contribution in [0.15, 0.2) is 47.1 Å². The lowest BCUT2D eigenvalue weighted by molar-refractivity contribution is -0.126. The molecule has 7 nitrogen and oxygen atoms in total. The lowest BCUT2D eigenvalue weighted by Crippen LogP contribution is -2.44. The van der Waals surface area contributed by atoms with E-state index in [1.807, 2.05) is 0 Å². The quantitative estimate of drug-likeness (QED) is 0.734. The molecule has 0 bridgehead atoms. The molecule has 7 heteroatoms. The summed E-state index contributed by atoms with van der Waals surface area (Å²) in [6, 6.07) is 9.55. The summed E-state index contributed by atoms with van der Waals surface area (Å²) >= 11 is 0. The number of carbonyl (C=O) groups excluding carboxylic acids is 3. The SMILES string of the molecule is O=C(NNC(=O)C1CCCCC1)c1ccc(NC(=O)c2ccco2)cc1. The van der Waals surface area contributed by atoms with Gasteiger partial charge < -0.3 is 9.73 Å². The van der Waals surface area contributed by atoms with Crippen LogP contribution in [0.3, 0.4) is 0 Å². The van der Waals surface area contributed by atoms with Crippen molar-refractivity contribution >= 4 is 23.4 Å². The molecule has 1 saturated carbocycles. The zero-order chi connectivity index (χ0) is 18.4. The molecule has 3 rings (SSSR count). The number of furan rings is 1. The van der Waals surface area contributed by atoms with E-state index in [1.165, 1.54) is 12.7 Å². The molecule has 0 radical (unpaired) electrons. The molecule has 2 aromatic rings. The number of amides is 3. The topological polar surface area (TPSA) is 100 Å². The summed E-state index contributed by atoms with van der Waals surface area (Å²) in [5.74, 6) is -0.731. The van der Waals surface area contributed by atoms with Gasteiger partial charge in [-0.15, -0.1) is 0 Å². The van der Waals surface area contributed by atoms with Gasteiger partial charge >= 0.3 is 0 Å². The van der Waals surface area contributed by atoms with Crippen LogP contribution in [-0.4, -0.2) is 17.7 Å². The molecule has 26 heavy (non-hydrogen) atoms. The average molecular weight is 355 g/mol. The smallest absolute Gasteiger partial charge is 0.291 e. The predicted octanol–water partition coefficient (Wildman–Crippen LogP) is 2.87. The maximum absolute atomic E-state index is 12.1. The van der Waals surface area contributed by atoms with Gasteiger partial charge in [-0.3, -0.25) is 25.2 Å². The lowest BCUT2D eigenvalue weighted by Gasteiger charge is -2.20. The molecule has 0 saturated heterocycles. The maximum Gasteiger partial charge on any atom is 0.291 e. The Kier molecular flexibility index (Phi) is 5.68. The van der Waals surface area contributed by atoms with Crippen LogP contribution in [0.4, 0.5) is 5.69 Å². The Labute approximate surface area is 151 Å². The molecule has 3 N–H and O–H groups in total. The molecular weight excluding hydrogens is 334 g/mol. The number of anilines is 1. The van der Waals surface area contributed by atoms with Gasteiger partial charge in [-0.05, 0) is 49.2 Å². The Morgan fingerprint density at radius 1 is 0.885 bits per heavy atom. The van der Waals surface area contributed by atoms with Gasteiger partial charge in [-0.25, -0.2) is 0 Å². The Balaban J connectivity index is 1.50. The first kappa shape index (κ1) is 17.7. The van der Waals surface area contributed by atoms with Crippen LogP contribution in [-0.2, 0) is 4.79 Å². The molecule has 1 aromatic carbocycles. The van der Waals surface area contributed by atoms with Crippen LogP contribution in [0.25, 0.3) is 0 Å². The average Bonchev–Trinajstić information content (AvgIpc) is 3.22. The van der Waals surface area contributed by atoms with Crippen LogP contribution < -0.4 is 16.2 Å². The molecule has 0 spiro atoms. The van der Waals surface area contributed by atoms with Gasteiger partial charge in [0.15, 0.2) is 5.76 Å². The number of benzene rings is 1. The zero-order valence-electron chi connectivity index (χ0n) is 14.3. The number of nitrogens with one attached hydrogen (secondary N) is 3. The highest BCUT2D eigenvalue weighted by Gasteiger charge is 2.21. The van der Waals surface area contributed by atoms with E-state index < -0.39 is 5.91 Å². The van der Waals surface area contributed by atoms with Crippen LogP contribution in [0.2, 0.25) is 0 Å². The summed E-state index contributed by atoms with van der Waals surface area (Å²) in [5.41, 5.74) is 5.85. The minimum Gasteiger partial charge on any atom is -0.459 e. The Morgan fingerprint density at radius 3 is 2.27 bits per heavy atom. The zero-order valence-corrected chi connectivity index (χ0v) is 14.3. The van der Waals surface area contributed by atoms with Gasteiger partial charge in [-0.1, -0.05) is 19.3 Å². The molecule has 0 aliphatic heterocycles. The monoisotopic (exact) mass is 355 g/mol. The summed E-state index contributed by atoms with van der Waals surface area (Å²) in [6.07, 6.45) is 6.43. The predicted molar refractivity (Wildman–Crippen MR) is 95.3 cm³/mol. The summed E-state index contributed by atoms with van der Waals surface area (Å²) in [6.45, 7) is 0. The lowest BCUT2D eigenvalue weighted by atomic mass is 9.89. The number of hydrogen-bond donors (Lipinski definition) is 3. The van der Waals surface area contributed by atoms with E-state index in [9.17, 15) is 14.4 Å². The highest BCUT2D eigenvalue weighted by molar-refractivity contribution is 6.02. The Morgan fingerprint density at radius 2 is 1.62 bits per heavy atom. The molecule has 1 aromatic heterocycles. The Hall–Kier alpha value is -3.09. The summed E-state index contributed by atoms with van der Waals surface area (Å²) in [5, 5.41) is 2.67. The third-order valence-electron chi connectivity index (χ3n) is 4.43. The van der Waals surface area contributed by atoms with Crippen molar-refractivity contribution in [3.63, 3.8) is 0 Å². The number of rotatable bonds is 4. The molecule has 0 unspecified atom stereocenters. The van der Waals surface area contributed by atoms with E-state index in [-0.39, 0.29) is 23.5 Å². The van der Waals surface area contributed by atoms with Crippen LogP contribution >= 0.6 is 0 Å². The van der Waals surface area contributed by atoms with Crippen molar-refractivity contribution in [3.05, 3.63) is 54.0 Å². The van der Waals surface area contributed by atoms with E-state index >= 15 is 0 Å². The van der Waals surface area contributed by atoms with Crippen LogP contribution in [0.5, 0.6) is 0 Å². The molecule has 0 atom stereocenters. The third kappa shape index (κ3) is 4.50. The molecule has 3 amide bonds. The van der Waals surface area contributed by atoms with Gasteiger partial charge in [0.2, 0.25) is 5.91 Å². The first-order valence-corrected chi connectivity index (χ1v) is 8.68. The van der Waals surface area contributed by atoms with Crippen molar-refractivity contribution in [1.82, 2.24) is 10.9 Å². The molecule has 1 fully saturated rings. The number of hydrazine groups is 1. The number of carbonyl (C=O) groups is 3. The number of hydrogen-bond acceptors (Lipinski definition) is 4. The van der Waals surface area contributed by atoms with E-state index in [2.05, 4.69) is 16.2 Å². The van der Waals surface area contributed by atoms with Gasteiger partial charge in [0.1, 0.15) is 0 Å². The second kappa shape index (κ2) is 8.33. The van der Waals surface area contributed by atoms with E-state index in [0.29, 0.717) is 11.3 Å². The minimum atomic E-state index is -0.405.